The molecule has 1 atom stereocenters. The Bertz CT molecular complexity index is 1100. The fraction of sp³-hybridized carbons (Fsp3) is 0.417. The number of aryl methyl sites for hydroxylation is 1. The highest BCUT2D eigenvalue weighted by Gasteiger charge is 2.33. The third-order valence-corrected chi connectivity index (χ3v) is 7.10. The molecule has 1 heterocycles. The van der Waals surface area contributed by atoms with Crippen LogP contribution in [0.15, 0.2) is 53.4 Å². The highest BCUT2D eigenvalue weighted by atomic mass is 32.2. The van der Waals surface area contributed by atoms with Gasteiger partial charge in [-0.3, -0.25) is 4.79 Å². The summed E-state index contributed by atoms with van der Waals surface area (Å²) in [5.74, 6) is -0.144. The molecule has 0 aliphatic carbocycles. The van der Waals surface area contributed by atoms with Crippen molar-refractivity contribution >= 4 is 22.0 Å². The van der Waals surface area contributed by atoms with Gasteiger partial charge in [0.15, 0.2) is 0 Å². The van der Waals surface area contributed by atoms with E-state index in [-0.39, 0.29) is 29.6 Å². The van der Waals surface area contributed by atoms with Crippen molar-refractivity contribution in [2.45, 2.75) is 31.2 Å². The number of nitrogens with zero attached hydrogens (tertiary/aromatic N) is 2. The molecule has 1 aliphatic heterocycles. The van der Waals surface area contributed by atoms with Gasteiger partial charge in [-0.1, -0.05) is 36.4 Å². The van der Waals surface area contributed by atoms with E-state index >= 15 is 0 Å². The van der Waals surface area contributed by atoms with E-state index in [0.717, 1.165) is 11.1 Å². The number of methoxy groups -OCH3 is 1. The number of hydrogen-bond donors (Lipinski definition) is 1. The van der Waals surface area contributed by atoms with Crippen molar-refractivity contribution in [2.75, 3.05) is 39.9 Å². The van der Waals surface area contributed by atoms with Crippen LogP contribution in [0.4, 0.5) is 4.79 Å². The lowest BCUT2D eigenvalue weighted by molar-refractivity contribution is -0.134. The molecule has 9 nitrogen and oxygen atoms in total. The van der Waals surface area contributed by atoms with E-state index in [9.17, 15) is 18.0 Å². The molecule has 0 unspecified atom stereocenters. The largest absolute Gasteiger partial charge is 0.495 e. The number of hydrogen-bond acceptors (Lipinski definition) is 6. The molecule has 3 rings (SSSR count). The standard InChI is InChI=1S/C24H31N3O6S/c1-4-33-24(29)27-14-12-26(13-15-27)23(28)20(17-19-8-6-5-7-9-19)25-34(30,31)22-16-18(2)10-11-21(22)32-3/h5-11,16,20,25H,4,12-15,17H2,1-3H3/t20-/m0/s1. The first-order valence-corrected chi connectivity index (χ1v) is 12.6. The number of carbonyl (C=O) groups excluding carboxylic acids is 2. The van der Waals surface area contributed by atoms with Crippen LogP contribution in [0.2, 0.25) is 0 Å². The van der Waals surface area contributed by atoms with E-state index in [1.165, 1.54) is 13.2 Å². The Balaban J connectivity index is 1.83. The second kappa shape index (κ2) is 11.3. The van der Waals surface area contributed by atoms with E-state index < -0.39 is 22.2 Å². The molecule has 0 spiro atoms. The molecular formula is C24H31N3O6S. The van der Waals surface area contributed by atoms with Crippen LogP contribution in [-0.4, -0.2) is 76.2 Å². The van der Waals surface area contributed by atoms with Gasteiger partial charge in [-0.15, -0.1) is 0 Å². The Morgan fingerprint density at radius 1 is 1.03 bits per heavy atom. The van der Waals surface area contributed by atoms with Crippen LogP contribution >= 0.6 is 0 Å². The number of carbonyl (C=O) groups is 2. The van der Waals surface area contributed by atoms with Gasteiger partial charge < -0.3 is 19.3 Å². The summed E-state index contributed by atoms with van der Waals surface area (Å²) < 4.78 is 39.6. The second-order valence-corrected chi connectivity index (χ2v) is 9.71. The predicted molar refractivity (Wildman–Crippen MR) is 127 cm³/mol. The molecular weight excluding hydrogens is 458 g/mol. The Morgan fingerprint density at radius 3 is 2.29 bits per heavy atom. The predicted octanol–water partition coefficient (Wildman–Crippen LogP) is 2.19. The first-order chi connectivity index (χ1) is 16.2. The van der Waals surface area contributed by atoms with Gasteiger partial charge in [0.1, 0.15) is 16.7 Å². The van der Waals surface area contributed by atoms with Crippen molar-refractivity contribution < 1.29 is 27.5 Å². The van der Waals surface area contributed by atoms with Crippen LogP contribution in [0.1, 0.15) is 18.1 Å². The summed E-state index contributed by atoms with van der Waals surface area (Å²) in [6, 6.07) is 13.1. The van der Waals surface area contributed by atoms with Crippen molar-refractivity contribution in [1.82, 2.24) is 14.5 Å². The highest BCUT2D eigenvalue weighted by Crippen LogP contribution is 2.25. The monoisotopic (exact) mass is 489 g/mol. The molecule has 10 heteroatoms. The summed E-state index contributed by atoms with van der Waals surface area (Å²) in [5.41, 5.74) is 1.58. The minimum absolute atomic E-state index is 0.0204. The Hall–Kier alpha value is -3.11. The van der Waals surface area contributed by atoms with E-state index in [1.807, 2.05) is 30.3 Å². The van der Waals surface area contributed by atoms with Crippen LogP contribution in [0.25, 0.3) is 0 Å². The first kappa shape index (κ1) is 25.5. The fourth-order valence-electron chi connectivity index (χ4n) is 3.82. The summed E-state index contributed by atoms with van der Waals surface area (Å²) in [6.45, 7) is 5.02. The number of amides is 2. The van der Waals surface area contributed by atoms with Gasteiger partial charge in [0.05, 0.1) is 13.7 Å². The summed E-state index contributed by atoms with van der Waals surface area (Å²) >= 11 is 0. The maximum absolute atomic E-state index is 13.5. The number of ether oxygens (including phenoxy) is 2. The van der Waals surface area contributed by atoms with Crippen molar-refractivity contribution in [1.29, 1.82) is 0 Å². The molecule has 184 valence electrons. The Kier molecular flexibility index (Phi) is 8.51. The van der Waals surface area contributed by atoms with E-state index in [1.54, 1.807) is 35.8 Å². The second-order valence-electron chi connectivity index (χ2n) is 8.03. The van der Waals surface area contributed by atoms with Gasteiger partial charge >= 0.3 is 6.09 Å². The van der Waals surface area contributed by atoms with Crippen molar-refractivity contribution in [2.24, 2.45) is 0 Å². The molecule has 0 aromatic heterocycles. The van der Waals surface area contributed by atoms with Gasteiger partial charge in [0.25, 0.3) is 0 Å². The summed E-state index contributed by atoms with van der Waals surface area (Å²) in [5, 5.41) is 0. The zero-order chi connectivity index (χ0) is 24.7. The summed E-state index contributed by atoms with van der Waals surface area (Å²) in [7, 11) is -2.67. The van der Waals surface area contributed by atoms with Crippen LogP contribution in [0.3, 0.4) is 0 Å². The lowest BCUT2D eigenvalue weighted by atomic mass is 10.1. The van der Waals surface area contributed by atoms with Gasteiger partial charge in [-0.2, -0.15) is 4.72 Å². The average molecular weight is 490 g/mol. The summed E-state index contributed by atoms with van der Waals surface area (Å²) in [4.78, 5) is 28.6. The molecule has 1 fully saturated rings. The van der Waals surface area contributed by atoms with E-state index in [4.69, 9.17) is 9.47 Å². The van der Waals surface area contributed by atoms with Crippen molar-refractivity contribution in [3.8, 4) is 5.75 Å². The van der Waals surface area contributed by atoms with Crippen molar-refractivity contribution in [3.05, 3.63) is 59.7 Å². The van der Waals surface area contributed by atoms with Crippen LogP contribution in [-0.2, 0) is 26.0 Å². The number of rotatable bonds is 8. The zero-order valence-corrected chi connectivity index (χ0v) is 20.5. The van der Waals surface area contributed by atoms with Crippen LogP contribution in [0.5, 0.6) is 5.75 Å². The number of nitrogens with one attached hydrogen (secondary N) is 1. The van der Waals surface area contributed by atoms with Gasteiger partial charge in [0.2, 0.25) is 15.9 Å². The molecule has 0 saturated carbocycles. The molecule has 1 N–H and O–H groups in total. The lowest BCUT2D eigenvalue weighted by Gasteiger charge is -2.36. The molecule has 34 heavy (non-hydrogen) atoms. The highest BCUT2D eigenvalue weighted by molar-refractivity contribution is 7.89. The maximum atomic E-state index is 13.5. The fourth-order valence-corrected chi connectivity index (χ4v) is 5.26. The molecule has 0 bridgehead atoms. The molecule has 2 aromatic carbocycles. The Labute approximate surface area is 200 Å². The van der Waals surface area contributed by atoms with Gasteiger partial charge in [-0.25, -0.2) is 13.2 Å². The van der Waals surface area contributed by atoms with E-state index in [0.29, 0.717) is 26.2 Å². The molecule has 0 radical (unpaired) electrons. The van der Waals surface area contributed by atoms with Gasteiger partial charge in [-0.05, 0) is 43.5 Å². The topological polar surface area (TPSA) is 105 Å². The van der Waals surface area contributed by atoms with Crippen molar-refractivity contribution in [3.63, 3.8) is 0 Å². The SMILES string of the molecule is CCOC(=O)N1CCN(C(=O)[C@H](Cc2ccccc2)NS(=O)(=O)c2cc(C)ccc2OC)CC1. The Morgan fingerprint density at radius 2 is 1.68 bits per heavy atom. The molecule has 1 aliphatic rings. The summed E-state index contributed by atoms with van der Waals surface area (Å²) in [6.07, 6.45) is -0.229. The van der Waals surface area contributed by atoms with Gasteiger partial charge in [0, 0.05) is 26.2 Å². The normalized spacial score (nSPS) is 15.0. The molecule has 1 saturated heterocycles. The van der Waals surface area contributed by atoms with Crippen LogP contribution in [0, 0.1) is 6.92 Å². The third kappa shape index (κ3) is 6.27. The third-order valence-electron chi connectivity index (χ3n) is 5.60. The number of sulfonamides is 1. The van der Waals surface area contributed by atoms with E-state index in [2.05, 4.69) is 4.72 Å². The lowest BCUT2D eigenvalue weighted by Crippen LogP contribution is -2.56. The number of benzene rings is 2. The molecule has 2 amide bonds. The minimum atomic E-state index is -4.07. The first-order valence-electron chi connectivity index (χ1n) is 11.2. The quantitative estimate of drug-likeness (QED) is 0.610. The average Bonchev–Trinajstić information content (AvgIpc) is 2.84. The minimum Gasteiger partial charge on any atom is -0.495 e. The zero-order valence-electron chi connectivity index (χ0n) is 19.7. The number of piperazine rings is 1. The van der Waals surface area contributed by atoms with Crippen LogP contribution < -0.4 is 9.46 Å². The smallest absolute Gasteiger partial charge is 0.409 e. The molecule has 2 aromatic rings. The maximum Gasteiger partial charge on any atom is 0.409 e.